The molecule has 1 heterocycles. The number of rotatable bonds is 4. The quantitative estimate of drug-likeness (QED) is 0.605. The molecular formula is C16H15IN2O3. The third-order valence-electron chi connectivity index (χ3n) is 3.16. The van der Waals surface area contributed by atoms with Gasteiger partial charge >= 0.3 is 0 Å². The van der Waals surface area contributed by atoms with E-state index in [4.69, 9.17) is 14.4 Å². The SMILES string of the molecule is CCOc1cc(C=Nc2oc(C)c(C)c2C#N)cc(I)c1O. The largest absolute Gasteiger partial charge is 0.504 e. The molecule has 0 aliphatic heterocycles. The van der Waals surface area contributed by atoms with E-state index in [0.717, 1.165) is 11.1 Å². The van der Waals surface area contributed by atoms with Gasteiger partial charge in [0.1, 0.15) is 17.4 Å². The van der Waals surface area contributed by atoms with E-state index < -0.39 is 0 Å². The molecular weight excluding hydrogens is 395 g/mol. The first-order chi connectivity index (χ1) is 10.5. The lowest BCUT2D eigenvalue weighted by molar-refractivity contribution is 0.317. The van der Waals surface area contributed by atoms with E-state index in [-0.39, 0.29) is 5.75 Å². The highest BCUT2D eigenvalue weighted by Crippen LogP contribution is 2.33. The molecule has 0 spiro atoms. The summed E-state index contributed by atoms with van der Waals surface area (Å²) in [5.41, 5.74) is 1.98. The van der Waals surface area contributed by atoms with Gasteiger partial charge in [0.05, 0.1) is 10.2 Å². The van der Waals surface area contributed by atoms with Crippen molar-refractivity contribution >= 4 is 34.7 Å². The van der Waals surface area contributed by atoms with Gasteiger partial charge in [-0.25, -0.2) is 4.99 Å². The lowest BCUT2D eigenvalue weighted by Crippen LogP contribution is -1.95. The molecule has 0 unspecified atom stereocenters. The fourth-order valence-corrected chi connectivity index (χ4v) is 2.52. The van der Waals surface area contributed by atoms with E-state index in [1.54, 1.807) is 25.3 Å². The van der Waals surface area contributed by atoms with Crippen molar-refractivity contribution in [2.45, 2.75) is 20.8 Å². The Bertz CT molecular complexity index is 773. The molecule has 114 valence electrons. The van der Waals surface area contributed by atoms with Gasteiger partial charge in [-0.2, -0.15) is 5.26 Å². The van der Waals surface area contributed by atoms with Crippen LogP contribution in [0.5, 0.6) is 11.5 Å². The molecule has 1 aromatic heterocycles. The maximum Gasteiger partial charge on any atom is 0.237 e. The molecule has 0 aliphatic rings. The molecule has 5 nitrogen and oxygen atoms in total. The van der Waals surface area contributed by atoms with Crippen molar-refractivity contribution in [2.75, 3.05) is 6.61 Å². The van der Waals surface area contributed by atoms with Gasteiger partial charge in [-0.3, -0.25) is 0 Å². The van der Waals surface area contributed by atoms with Crippen LogP contribution in [-0.4, -0.2) is 17.9 Å². The molecule has 0 fully saturated rings. The van der Waals surface area contributed by atoms with Gasteiger partial charge in [-0.1, -0.05) is 0 Å². The number of aryl methyl sites for hydroxylation is 1. The number of furan rings is 1. The number of halogens is 1. The van der Waals surface area contributed by atoms with Gasteiger partial charge in [0.15, 0.2) is 11.5 Å². The second kappa shape index (κ2) is 6.83. The van der Waals surface area contributed by atoms with Crippen LogP contribution in [0.1, 0.15) is 29.4 Å². The number of aromatic hydroxyl groups is 1. The number of nitriles is 1. The van der Waals surface area contributed by atoms with E-state index in [2.05, 4.69) is 11.1 Å². The zero-order valence-corrected chi connectivity index (χ0v) is 14.6. The summed E-state index contributed by atoms with van der Waals surface area (Å²) in [6.45, 7) is 5.93. The van der Waals surface area contributed by atoms with Crippen molar-refractivity contribution in [3.05, 3.63) is 38.2 Å². The maximum absolute atomic E-state index is 9.92. The molecule has 22 heavy (non-hydrogen) atoms. The Morgan fingerprint density at radius 3 is 2.82 bits per heavy atom. The van der Waals surface area contributed by atoms with Gasteiger partial charge in [0, 0.05) is 11.8 Å². The lowest BCUT2D eigenvalue weighted by atomic mass is 10.2. The summed E-state index contributed by atoms with van der Waals surface area (Å²) in [4.78, 5) is 4.25. The standard InChI is InChI=1S/C16H15IN2O3/c1-4-21-14-6-11(5-13(17)15(14)20)8-19-16-12(7-18)9(2)10(3)22-16/h5-6,8,20H,4H2,1-3H3. The van der Waals surface area contributed by atoms with Crippen molar-refractivity contribution in [1.29, 1.82) is 5.26 Å². The fourth-order valence-electron chi connectivity index (χ4n) is 1.90. The highest BCUT2D eigenvalue weighted by Gasteiger charge is 2.13. The molecule has 1 N–H and O–H groups in total. The fraction of sp³-hybridized carbons (Fsp3) is 0.250. The van der Waals surface area contributed by atoms with Gasteiger partial charge in [-0.05, 0) is 61.1 Å². The molecule has 2 aromatic rings. The number of hydrogen-bond donors (Lipinski definition) is 1. The van der Waals surface area contributed by atoms with Gasteiger partial charge in [-0.15, -0.1) is 0 Å². The highest BCUT2D eigenvalue weighted by molar-refractivity contribution is 14.1. The number of hydrogen-bond acceptors (Lipinski definition) is 5. The van der Waals surface area contributed by atoms with Crippen LogP contribution in [0.3, 0.4) is 0 Å². The van der Waals surface area contributed by atoms with E-state index in [1.807, 2.05) is 36.4 Å². The summed E-state index contributed by atoms with van der Waals surface area (Å²) >= 11 is 2.03. The molecule has 0 radical (unpaired) electrons. The molecule has 0 saturated carbocycles. The first kappa shape index (κ1) is 16.4. The van der Waals surface area contributed by atoms with E-state index in [1.165, 1.54) is 0 Å². The molecule has 0 bridgehead atoms. The van der Waals surface area contributed by atoms with Gasteiger partial charge in [0.25, 0.3) is 0 Å². The van der Waals surface area contributed by atoms with Crippen LogP contribution in [0.15, 0.2) is 21.5 Å². The topological polar surface area (TPSA) is 78.8 Å². The Hall–Kier alpha value is -2.01. The predicted octanol–water partition coefficient (Wildman–Crippen LogP) is 4.23. The second-order valence-corrected chi connectivity index (χ2v) is 5.78. The number of phenolic OH excluding ortho intramolecular Hbond substituents is 1. The summed E-state index contributed by atoms with van der Waals surface area (Å²) in [5.74, 6) is 1.49. The summed E-state index contributed by atoms with van der Waals surface area (Å²) in [6, 6.07) is 5.57. The van der Waals surface area contributed by atoms with E-state index >= 15 is 0 Å². The molecule has 2 rings (SSSR count). The van der Waals surface area contributed by atoms with Gasteiger partial charge < -0.3 is 14.3 Å². The smallest absolute Gasteiger partial charge is 0.237 e. The Morgan fingerprint density at radius 2 is 2.18 bits per heavy atom. The number of benzene rings is 1. The van der Waals surface area contributed by atoms with Crippen LogP contribution in [-0.2, 0) is 0 Å². The van der Waals surface area contributed by atoms with Crippen molar-refractivity contribution < 1.29 is 14.3 Å². The van der Waals surface area contributed by atoms with Crippen LogP contribution in [0.4, 0.5) is 5.88 Å². The predicted molar refractivity (Wildman–Crippen MR) is 92.1 cm³/mol. The highest BCUT2D eigenvalue weighted by atomic mass is 127. The summed E-state index contributed by atoms with van der Waals surface area (Å²) in [6.07, 6.45) is 1.59. The van der Waals surface area contributed by atoms with Crippen LogP contribution in [0, 0.1) is 28.7 Å². The molecule has 0 saturated heterocycles. The Kier molecular flexibility index (Phi) is 5.08. The summed E-state index contributed by atoms with van der Waals surface area (Å²) in [5, 5.41) is 19.1. The molecule has 0 amide bonds. The third-order valence-corrected chi connectivity index (χ3v) is 3.98. The minimum atomic E-state index is 0.113. The minimum Gasteiger partial charge on any atom is -0.504 e. The van der Waals surface area contributed by atoms with Crippen LogP contribution in [0.2, 0.25) is 0 Å². The second-order valence-electron chi connectivity index (χ2n) is 4.62. The summed E-state index contributed by atoms with van der Waals surface area (Å²) < 4.78 is 11.5. The first-order valence-corrected chi connectivity index (χ1v) is 7.75. The van der Waals surface area contributed by atoms with Crippen molar-refractivity contribution in [1.82, 2.24) is 0 Å². The average molecular weight is 410 g/mol. The van der Waals surface area contributed by atoms with Crippen LogP contribution in [0.25, 0.3) is 0 Å². The Morgan fingerprint density at radius 1 is 1.45 bits per heavy atom. The van der Waals surface area contributed by atoms with Crippen LogP contribution < -0.4 is 4.74 Å². The number of ether oxygens (including phenoxy) is 1. The third kappa shape index (κ3) is 3.25. The zero-order valence-electron chi connectivity index (χ0n) is 12.5. The zero-order chi connectivity index (χ0) is 16.3. The van der Waals surface area contributed by atoms with Crippen molar-refractivity contribution in [2.24, 2.45) is 4.99 Å². The molecule has 0 atom stereocenters. The molecule has 0 aliphatic carbocycles. The van der Waals surface area contributed by atoms with Crippen molar-refractivity contribution in [3.8, 4) is 17.6 Å². The monoisotopic (exact) mass is 410 g/mol. The number of aliphatic imine (C=N–C) groups is 1. The number of nitrogens with zero attached hydrogens (tertiary/aromatic N) is 2. The molecule has 6 heteroatoms. The number of phenols is 1. The first-order valence-electron chi connectivity index (χ1n) is 6.67. The Balaban J connectivity index is 2.39. The minimum absolute atomic E-state index is 0.113. The van der Waals surface area contributed by atoms with Crippen molar-refractivity contribution in [3.63, 3.8) is 0 Å². The van der Waals surface area contributed by atoms with Gasteiger partial charge in [0.2, 0.25) is 5.88 Å². The van der Waals surface area contributed by atoms with E-state index in [0.29, 0.717) is 33.1 Å². The molecule has 1 aromatic carbocycles. The summed E-state index contributed by atoms with van der Waals surface area (Å²) in [7, 11) is 0. The lowest BCUT2D eigenvalue weighted by Gasteiger charge is -2.08. The average Bonchev–Trinajstić information content (AvgIpc) is 2.76. The maximum atomic E-state index is 9.92. The van der Waals surface area contributed by atoms with Crippen LogP contribution >= 0.6 is 22.6 Å². The van der Waals surface area contributed by atoms with E-state index in [9.17, 15) is 5.11 Å². The Labute approximate surface area is 142 Å². The normalized spacial score (nSPS) is 10.9.